The number of nitrogens with zero attached hydrogens (tertiary/aromatic N) is 1. The van der Waals surface area contributed by atoms with Crippen molar-refractivity contribution in [2.24, 2.45) is 0 Å². The highest BCUT2D eigenvalue weighted by Crippen LogP contribution is 2.25. The van der Waals surface area contributed by atoms with E-state index in [-0.39, 0.29) is 17.7 Å². The van der Waals surface area contributed by atoms with Gasteiger partial charge in [-0.05, 0) is 64.8 Å². The maximum Gasteiger partial charge on any atom is 0.408 e. The third-order valence-electron chi connectivity index (χ3n) is 5.55. The molecular weight excluding hydrogens is 542 g/mol. The molecule has 0 saturated carbocycles. The molecule has 0 heterocycles. The summed E-state index contributed by atoms with van der Waals surface area (Å²) in [7, 11) is 0. The van der Waals surface area contributed by atoms with Gasteiger partial charge in [-0.3, -0.25) is 14.5 Å². The molecule has 226 valence electrons. The van der Waals surface area contributed by atoms with Crippen molar-refractivity contribution in [1.82, 2.24) is 15.5 Å². The van der Waals surface area contributed by atoms with E-state index < -0.39 is 59.8 Å². The lowest BCUT2D eigenvalue weighted by Crippen LogP contribution is -2.54. The normalized spacial score (nSPS) is 13.5. The van der Waals surface area contributed by atoms with Gasteiger partial charge in [-0.2, -0.15) is 0 Å². The number of aliphatic hydroxyl groups is 1. The Morgan fingerprint density at radius 2 is 1.45 bits per heavy atom. The molecule has 11 nitrogen and oxygen atoms in total. The number of rotatable bonds is 10. The second kappa shape index (κ2) is 14.4. The Labute approximate surface area is 246 Å². The van der Waals surface area contributed by atoms with Gasteiger partial charge in [0, 0.05) is 12.5 Å². The third kappa shape index (κ3) is 10.4. The van der Waals surface area contributed by atoms with Gasteiger partial charge < -0.3 is 30.3 Å². The van der Waals surface area contributed by atoms with E-state index in [2.05, 4.69) is 16.7 Å². The number of ether oxygens (including phenoxy) is 2. The first-order valence-corrected chi connectivity index (χ1v) is 13.3. The van der Waals surface area contributed by atoms with Crippen LogP contribution in [-0.2, 0) is 30.3 Å². The maximum atomic E-state index is 13.9. The SMILES string of the molecule is C#CN(C(=O)C(CO)NC(=O)OC(C)(C)C)C(C(=O)NC(Cc1ccccc1)C(=O)OC(C)(C)C)c1ccc(O)cc1. The van der Waals surface area contributed by atoms with Crippen molar-refractivity contribution < 1.29 is 38.9 Å². The Morgan fingerprint density at radius 3 is 1.95 bits per heavy atom. The first kappa shape index (κ1) is 33.6. The predicted molar refractivity (Wildman–Crippen MR) is 155 cm³/mol. The number of terminal acetylenes is 1. The quantitative estimate of drug-likeness (QED) is 0.190. The summed E-state index contributed by atoms with van der Waals surface area (Å²) in [5.74, 6) is -2.64. The molecule has 0 fully saturated rings. The van der Waals surface area contributed by atoms with Gasteiger partial charge in [0.1, 0.15) is 35.1 Å². The molecule has 0 spiro atoms. The fraction of sp³-hybridized carbons (Fsp3) is 0.419. The van der Waals surface area contributed by atoms with Crippen LogP contribution in [0.2, 0.25) is 0 Å². The Bertz CT molecular complexity index is 1270. The van der Waals surface area contributed by atoms with Crippen LogP contribution in [0.25, 0.3) is 0 Å². The van der Waals surface area contributed by atoms with Crippen molar-refractivity contribution in [3.8, 4) is 18.2 Å². The standard InChI is InChI=1S/C31H39N3O8/c1-8-34(27(38)24(19-35)33-29(40)42-31(5,6)7)25(21-14-16-22(36)17-15-21)26(37)32-23(28(39)41-30(2,3)4)18-20-12-10-9-11-13-20/h1,9-17,23-25,35-36H,18-19H2,2-7H3,(H,32,37)(H,33,40). The number of nitrogens with one attached hydrogen (secondary N) is 2. The van der Waals surface area contributed by atoms with Gasteiger partial charge in [-0.25, -0.2) is 9.59 Å². The summed E-state index contributed by atoms with van der Waals surface area (Å²) in [6.07, 6.45) is 4.81. The average Bonchev–Trinajstić information content (AvgIpc) is 2.88. The van der Waals surface area contributed by atoms with Gasteiger partial charge in [0.15, 0.2) is 0 Å². The second-order valence-corrected chi connectivity index (χ2v) is 11.5. The van der Waals surface area contributed by atoms with Gasteiger partial charge in [0.2, 0.25) is 5.91 Å². The van der Waals surface area contributed by atoms with Gasteiger partial charge in [-0.15, -0.1) is 0 Å². The van der Waals surface area contributed by atoms with E-state index in [0.29, 0.717) is 4.90 Å². The number of phenolic OH excluding ortho intramolecular Hbond substituents is 1. The van der Waals surface area contributed by atoms with Crippen LogP contribution >= 0.6 is 0 Å². The molecular formula is C31H39N3O8. The lowest BCUT2D eigenvalue weighted by Gasteiger charge is -2.31. The minimum absolute atomic E-state index is 0.0766. The number of carbonyl (C=O) groups excluding carboxylic acids is 4. The number of alkyl carbamates (subject to hydrolysis) is 1. The van der Waals surface area contributed by atoms with E-state index in [1.54, 1.807) is 65.8 Å². The van der Waals surface area contributed by atoms with Gasteiger partial charge in [-0.1, -0.05) is 48.9 Å². The molecule has 0 saturated heterocycles. The van der Waals surface area contributed by atoms with Crippen molar-refractivity contribution in [2.45, 2.75) is 77.3 Å². The Morgan fingerprint density at radius 1 is 0.881 bits per heavy atom. The summed E-state index contributed by atoms with van der Waals surface area (Å²) < 4.78 is 10.7. The number of aliphatic hydroxyl groups excluding tert-OH is 1. The molecule has 11 heteroatoms. The molecule has 0 aromatic heterocycles. The summed E-state index contributed by atoms with van der Waals surface area (Å²) in [5, 5.41) is 24.7. The first-order chi connectivity index (χ1) is 19.5. The minimum atomic E-state index is -1.56. The van der Waals surface area contributed by atoms with Gasteiger partial charge in [0.25, 0.3) is 5.91 Å². The summed E-state index contributed by atoms with van der Waals surface area (Å²) in [4.78, 5) is 53.6. The van der Waals surface area contributed by atoms with Crippen LogP contribution in [0, 0.1) is 12.5 Å². The zero-order chi connectivity index (χ0) is 31.7. The zero-order valence-corrected chi connectivity index (χ0v) is 24.7. The highest BCUT2D eigenvalue weighted by atomic mass is 16.6. The molecule has 2 aromatic carbocycles. The molecule has 0 radical (unpaired) electrons. The molecule has 42 heavy (non-hydrogen) atoms. The number of hydrogen-bond donors (Lipinski definition) is 4. The van der Waals surface area contributed by atoms with E-state index in [1.165, 1.54) is 24.3 Å². The van der Waals surface area contributed by atoms with Crippen LogP contribution in [-0.4, -0.2) is 68.9 Å². The van der Waals surface area contributed by atoms with Crippen LogP contribution in [0.15, 0.2) is 54.6 Å². The zero-order valence-electron chi connectivity index (χ0n) is 24.7. The van der Waals surface area contributed by atoms with Crippen molar-refractivity contribution in [1.29, 1.82) is 0 Å². The lowest BCUT2D eigenvalue weighted by molar-refractivity contribution is -0.159. The van der Waals surface area contributed by atoms with E-state index >= 15 is 0 Å². The topological polar surface area (TPSA) is 154 Å². The molecule has 0 bridgehead atoms. The van der Waals surface area contributed by atoms with Crippen LogP contribution in [0.3, 0.4) is 0 Å². The second-order valence-electron chi connectivity index (χ2n) is 11.5. The number of amides is 3. The Hall–Kier alpha value is -4.56. The monoisotopic (exact) mass is 581 g/mol. The highest BCUT2D eigenvalue weighted by molar-refractivity contribution is 5.95. The smallest absolute Gasteiger partial charge is 0.408 e. The Kier molecular flexibility index (Phi) is 11.5. The summed E-state index contributed by atoms with van der Waals surface area (Å²) >= 11 is 0. The number of phenols is 1. The number of benzene rings is 2. The van der Waals surface area contributed by atoms with Crippen LogP contribution < -0.4 is 10.6 Å². The molecule has 2 aromatic rings. The largest absolute Gasteiger partial charge is 0.508 e. The van der Waals surface area contributed by atoms with Crippen molar-refractivity contribution in [3.05, 3.63) is 65.7 Å². The van der Waals surface area contributed by atoms with E-state index in [9.17, 15) is 29.4 Å². The summed E-state index contributed by atoms with van der Waals surface area (Å²) in [5.41, 5.74) is -0.812. The van der Waals surface area contributed by atoms with Crippen molar-refractivity contribution in [3.63, 3.8) is 0 Å². The maximum absolute atomic E-state index is 13.9. The van der Waals surface area contributed by atoms with Gasteiger partial charge >= 0.3 is 12.1 Å². The molecule has 2 rings (SSSR count). The van der Waals surface area contributed by atoms with E-state index in [0.717, 1.165) is 5.56 Å². The molecule has 3 unspecified atom stereocenters. The van der Waals surface area contributed by atoms with E-state index in [4.69, 9.17) is 15.9 Å². The van der Waals surface area contributed by atoms with Crippen LogP contribution in [0.1, 0.15) is 58.7 Å². The van der Waals surface area contributed by atoms with Crippen LogP contribution in [0.4, 0.5) is 4.79 Å². The molecule has 4 N–H and O–H groups in total. The number of aromatic hydroxyl groups is 1. The number of hydrogen-bond acceptors (Lipinski definition) is 8. The predicted octanol–water partition coefficient (Wildman–Crippen LogP) is 2.81. The Balaban J connectivity index is 2.47. The highest BCUT2D eigenvalue weighted by Gasteiger charge is 2.38. The minimum Gasteiger partial charge on any atom is -0.508 e. The molecule has 0 aliphatic carbocycles. The fourth-order valence-corrected chi connectivity index (χ4v) is 3.81. The third-order valence-corrected chi connectivity index (χ3v) is 5.55. The summed E-state index contributed by atoms with van der Waals surface area (Å²) in [6, 6.07) is 12.2. The summed E-state index contributed by atoms with van der Waals surface area (Å²) in [6.45, 7) is 9.09. The van der Waals surface area contributed by atoms with Crippen molar-refractivity contribution >= 4 is 23.9 Å². The van der Waals surface area contributed by atoms with Crippen LogP contribution in [0.5, 0.6) is 5.75 Å². The number of carbonyl (C=O) groups is 4. The molecule has 3 amide bonds. The molecule has 0 aliphatic heterocycles. The van der Waals surface area contributed by atoms with E-state index in [1.807, 2.05) is 6.07 Å². The number of esters is 1. The lowest BCUT2D eigenvalue weighted by atomic mass is 10.0. The average molecular weight is 582 g/mol. The first-order valence-electron chi connectivity index (χ1n) is 13.3. The molecule has 3 atom stereocenters. The van der Waals surface area contributed by atoms with Gasteiger partial charge in [0.05, 0.1) is 6.61 Å². The molecule has 0 aliphatic rings. The fourth-order valence-electron chi connectivity index (χ4n) is 3.81. The van der Waals surface area contributed by atoms with Crippen molar-refractivity contribution in [2.75, 3.05) is 6.61 Å².